The second-order valence-corrected chi connectivity index (χ2v) is 5.95. The van der Waals surface area contributed by atoms with Gasteiger partial charge in [0.2, 0.25) is 5.91 Å². The van der Waals surface area contributed by atoms with E-state index in [-0.39, 0.29) is 18.2 Å². The van der Waals surface area contributed by atoms with Crippen LogP contribution in [0.5, 0.6) is 0 Å². The molecule has 0 aromatic carbocycles. The lowest BCUT2D eigenvalue weighted by atomic mass is 10.1. The molecular weight excluding hydrogens is 325 g/mol. The lowest BCUT2D eigenvalue weighted by Crippen LogP contribution is -2.33. The Hall–Kier alpha value is -2.03. The van der Waals surface area contributed by atoms with Gasteiger partial charge in [-0.15, -0.1) is 0 Å². The van der Waals surface area contributed by atoms with Crippen molar-refractivity contribution >= 4 is 5.91 Å². The minimum absolute atomic E-state index is 0.158. The summed E-state index contributed by atoms with van der Waals surface area (Å²) >= 11 is 0. The highest BCUT2D eigenvalue weighted by Gasteiger charge is 2.31. The molecule has 1 aliphatic rings. The molecule has 2 rings (SSSR count). The number of allylic oxidation sites excluding steroid dienone is 1. The van der Waals surface area contributed by atoms with Gasteiger partial charge < -0.3 is 19.5 Å². The summed E-state index contributed by atoms with van der Waals surface area (Å²) in [6.07, 6.45) is -0.416. The van der Waals surface area contributed by atoms with Gasteiger partial charge in [0.05, 0.1) is 6.42 Å². The van der Waals surface area contributed by atoms with Crippen LogP contribution in [0, 0.1) is 0 Å². The second-order valence-electron chi connectivity index (χ2n) is 5.95. The lowest BCUT2D eigenvalue weighted by molar-refractivity contribution is -0.141. The number of halogens is 3. The summed E-state index contributed by atoms with van der Waals surface area (Å²) in [5.41, 5.74) is 0.989. The van der Waals surface area contributed by atoms with Crippen LogP contribution < -0.4 is 0 Å². The molecule has 1 aromatic heterocycles. The Kier molecular flexibility index (Phi) is 5.53. The third kappa shape index (κ3) is 4.73. The van der Waals surface area contributed by atoms with Gasteiger partial charge in [0.1, 0.15) is 18.5 Å². The van der Waals surface area contributed by atoms with Crippen LogP contribution >= 0.6 is 0 Å². The number of carbonyl (C=O) groups excluding carboxylic acids is 1. The van der Waals surface area contributed by atoms with Crippen LogP contribution in [0.25, 0.3) is 0 Å². The molecule has 0 radical (unpaired) electrons. The number of aromatic nitrogens is 2. The number of hydrogen-bond donors (Lipinski definition) is 1. The van der Waals surface area contributed by atoms with E-state index in [4.69, 9.17) is 0 Å². The van der Waals surface area contributed by atoms with E-state index in [1.54, 1.807) is 6.20 Å². The van der Waals surface area contributed by atoms with Crippen LogP contribution in [0.3, 0.4) is 0 Å². The topological polar surface area (TPSA) is 61.6 Å². The fourth-order valence-electron chi connectivity index (χ4n) is 2.59. The van der Waals surface area contributed by atoms with Gasteiger partial charge in [0.15, 0.2) is 0 Å². The van der Waals surface area contributed by atoms with E-state index in [1.807, 2.05) is 19.0 Å². The Balaban J connectivity index is 2.05. The van der Waals surface area contributed by atoms with Gasteiger partial charge in [-0.05, 0) is 12.8 Å². The zero-order chi connectivity index (χ0) is 17.9. The van der Waals surface area contributed by atoms with E-state index >= 15 is 0 Å². The number of aliphatic hydroxyl groups is 1. The SMILES string of the molecule is CN(C)C1=CN(C(=O)CC(O)c2nccn2CC(F)(F)F)CCC1. The number of carbonyl (C=O) groups is 1. The zero-order valence-electron chi connectivity index (χ0n) is 13.6. The van der Waals surface area contributed by atoms with Gasteiger partial charge in [0.25, 0.3) is 0 Å². The summed E-state index contributed by atoms with van der Waals surface area (Å²) in [5, 5.41) is 10.1. The van der Waals surface area contributed by atoms with E-state index in [9.17, 15) is 23.1 Å². The number of rotatable bonds is 5. The second kappa shape index (κ2) is 7.25. The Morgan fingerprint density at radius 3 is 2.79 bits per heavy atom. The molecule has 0 aliphatic carbocycles. The summed E-state index contributed by atoms with van der Waals surface area (Å²) in [4.78, 5) is 19.5. The molecule has 24 heavy (non-hydrogen) atoms. The van der Waals surface area contributed by atoms with Crippen molar-refractivity contribution in [2.75, 3.05) is 20.6 Å². The van der Waals surface area contributed by atoms with Crippen molar-refractivity contribution in [3.8, 4) is 0 Å². The van der Waals surface area contributed by atoms with Crippen LogP contribution in [0.1, 0.15) is 31.2 Å². The predicted octanol–water partition coefficient (Wildman–Crippen LogP) is 1.89. The first-order chi connectivity index (χ1) is 11.2. The third-order valence-electron chi connectivity index (χ3n) is 3.79. The maximum absolute atomic E-state index is 12.5. The fourth-order valence-corrected chi connectivity index (χ4v) is 2.59. The van der Waals surface area contributed by atoms with Gasteiger partial charge in [-0.3, -0.25) is 4.79 Å². The Labute approximate surface area is 138 Å². The van der Waals surface area contributed by atoms with Gasteiger partial charge in [-0.2, -0.15) is 13.2 Å². The van der Waals surface area contributed by atoms with Crippen molar-refractivity contribution in [3.63, 3.8) is 0 Å². The largest absolute Gasteiger partial charge is 0.406 e. The maximum Gasteiger partial charge on any atom is 0.406 e. The van der Waals surface area contributed by atoms with Crippen LogP contribution in [0.4, 0.5) is 13.2 Å². The normalized spacial score (nSPS) is 16.8. The highest BCUT2D eigenvalue weighted by Crippen LogP contribution is 2.23. The first-order valence-corrected chi connectivity index (χ1v) is 7.60. The molecule has 1 aromatic rings. The standard InChI is InChI=1S/C15H21F3N4O2/c1-20(2)11-4-3-6-21(9-11)13(24)8-12(23)14-19-5-7-22(14)10-15(16,17)18/h5,7,9,12,23H,3-4,6,8,10H2,1-2H3. The first kappa shape index (κ1) is 18.3. The molecule has 9 heteroatoms. The summed E-state index contributed by atoms with van der Waals surface area (Å²) < 4.78 is 38.4. The number of imidazole rings is 1. The van der Waals surface area contributed by atoms with E-state index in [2.05, 4.69) is 4.98 Å². The smallest absolute Gasteiger partial charge is 0.385 e. The van der Waals surface area contributed by atoms with Crippen LogP contribution in [0.2, 0.25) is 0 Å². The van der Waals surface area contributed by atoms with Gasteiger partial charge >= 0.3 is 6.18 Å². The van der Waals surface area contributed by atoms with Gasteiger partial charge in [-0.25, -0.2) is 4.98 Å². The molecule has 1 aliphatic heterocycles. The Morgan fingerprint density at radius 1 is 1.46 bits per heavy atom. The van der Waals surface area contributed by atoms with Crippen LogP contribution in [0.15, 0.2) is 24.3 Å². The molecule has 0 saturated heterocycles. The number of hydrogen-bond acceptors (Lipinski definition) is 4. The van der Waals surface area contributed by atoms with Crippen LogP contribution in [-0.4, -0.2) is 57.2 Å². The highest BCUT2D eigenvalue weighted by atomic mass is 19.4. The number of nitrogens with zero attached hydrogens (tertiary/aromatic N) is 4. The quantitative estimate of drug-likeness (QED) is 0.885. The molecule has 0 spiro atoms. The Morgan fingerprint density at radius 2 is 2.17 bits per heavy atom. The summed E-state index contributed by atoms with van der Waals surface area (Å²) in [7, 11) is 3.76. The van der Waals surface area contributed by atoms with Crippen molar-refractivity contribution in [2.45, 2.75) is 38.1 Å². The summed E-state index contributed by atoms with van der Waals surface area (Å²) in [6.45, 7) is -0.720. The Bertz CT molecular complexity index is 610. The molecule has 0 fully saturated rings. The monoisotopic (exact) mass is 346 g/mol. The summed E-state index contributed by atoms with van der Waals surface area (Å²) in [6, 6.07) is 0. The van der Waals surface area contributed by atoms with E-state index < -0.39 is 18.8 Å². The number of amides is 1. The van der Waals surface area contributed by atoms with Crippen molar-refractivity contribution < 1.29 is 23.1 Å². The van der Waals surface area contributed by atoms with Crippen molar-refractivity contribution in [1.82, 2.24) is 19.4 Å². The van der Waals surface area contributed by atoms with Gasteiger partial charge in [0, 0.05) is 44.9 Å². The molecule has 2 heterocycles. The number of alkyl halides is 3. The minimum Gasteiger partial charge on any atom is -0.385 e. The highest BCUT2D eigenvalue weighted by molar-refractivity contribution is 5.78. The molecule has 0 bridgehead atoms. The van der Waals surface area contributed by atoms with Crippen molar-refractivity contribution in [1.29, 1.82) is 0 Å². The molecular formula is C15H21F3N4O2. The van der Waals surface area contributed by atoms with Crippen molar-refractivity contribution in [3.05, 3.63) is 30.1 Å². The third-order valence-corrected chi connectivity index (χ3v) is 3.79. The lowest BCUT2D eigenvalue weighted by Gasteiger charge is -2.29. The summed E-state index contributed by atoms with van der Waals surface area (Å²) in [5.74, 6) is -0.502. The number of aliphatic hydroxyl groups excluding tert-OH is 1. The first-order valence-electron chi connectivity index (χ1n) is 7.60. The van der Waals surface area contributed by atoms with E-state index in [1.165, 1.54) is 11.1 Å². The molecule has 1 amide bonds. The molecule has 6 nitrogen and oxygen atoms in total. The average molecular weight is 346 g/mol. The minimum atomic E-state index is -4.42. The molecule has 1 N–H and O–H groups in total. The predicted molar refractivity (Wildman–Crippen MR) is 80.6 cm³/mol. The molecule has 1 unspecified atom stereocenters. The van der Waals surface area contributed by atoms with E-state index in [0.717, 1.165) is 29.3 Å². The molecule has 134 valence electrons. The average Bonchev–Trinajstić information content (AvgIpc) is 2.93. The maximum atomic E-state index is 12.5. The molecule has 0 saturated carbocycles. The van der Waals surface area contributed by atoms with E-state index in [0.29, 0.717) is 6.54 Å². The van der Waals surface area contributed by atoms with Crippen LogP contribution in [-0.2, 0) is 11.3 Å². The van der Waals surface area contributed by atoms with Crippen molar-refractivity contribution in [2.24, 2.45) is 0 Å². The molecule has 1 atom stereocenters. The van der Waals surface area contributed by atoms with Gasteiger partial charge in [-0.1, -0.05) is 0 Å². The fraction of sp³-hybridized carbons (Fsp3) is 0.600. The zero-order valence-corrected chi connectivity index (χ0v) is 13.6.